The topological polar surface area (TPSA) is 155 Å². The highest BCUT2D eigenvalue weighted by Crippen LogP contribution is 2.35. The van der Waals surface area contributed by atoms with Gasteiger partial charge in [-0.25, -0.2) is 31.8 Å². The lowest BCUT2D eigenvalue weighted by Gasteiger charge is -2.02. The summed E-state index contributed by atoms with van der Waals surface area (Å²) in [6.45, 7) is 1.43. The van der Waals surface area contributed by atoms with Crippen LogP contribution in [0.3, 0.4) is 0 Å². The van der Waals surface area contributed by atoms with Gasteiger partial charge in [0.2, 0.25) is 34.3 Å². The van der Waals surface area contributed by atoms with Gasteiger partial charge in [-0.05, 0) is 82.2 Å². The zero-order chi connectivity index (χ0) is 33.1. The first-order chi connectivity index (χ1) is 21.9. The molecule has 0 radical (unpaired) electrons. The normalized spacial score (nSPS) is 11.5. The number of carbonyl (C=O) groups is 1. The minimum absolute atomic E-state index is 0.0287. The van der Waals surface area contributed by atoms with Gasteiger partial charge in [0.15, 0.2) is 5.13 Å². The molecule has 0 spiro atoms. The fourth-order valence-corrected chi connectivity index (χ4v) is 10.5. The van der Waals surface area contributed by atoms with Gasteiger partial charge >= 0.3 is 0 Å². The van der Waals surface area contributed by atoms with Gasteiger partial charge in [-0.3, -0.25) is 4.79 Å². The van der Waals surface area contributed by atoms with E-state index in [1.807, 2.05) is 18.2 Å². The smallest absolute Gasteiger partial charge is 0.233 e. The molecular weight excluding hydrogens is 757 g/mol. The van der Waals surface area contributed by atoms with Crippen molar-refractivity contribution in [2.75, 3.05) is 19.5 Å². The number of fused-ring (bicyclic) bond motifs is 1. The van der Waals surface area contributed by atoms with Crippen LogP contribution in [0.15, 0.2) is 101 Å². The Balaban J connectivity index is 0.000000209. The summed E-state index contributed by atoms with van der Waals surface area (Å²) in [6, 6.07) is 18.0. The first-order valence-electron chi connectivity index (χ1n) is 12.9. The molecule has 0 aliphatic carbocycles. The molecule has 0 unspecified atom stereocenters. The predicted molar refractivity (Wildman–Crippen MR) is 182 cm³/mol. The molecule has 1 amide bonds. The highest BCUT2D eigenvalue weighted by Gasteiger charge is 2.23. The molecule has 1 N–H and O–H groups in total. The van der Waals surface area contributed by atoms with E-state index in [2.05, 4.69) is 36.2 Å². The number of carbonyl (C=O) groups excluding carboxylic acids is 1. The number of ether oxygens (including phenoxy) is 2. The number of nitrogens with zero attached hydrogens (tertiary/aromatic N) is 3. The van der Waals surface area contributed by atoms with Gasteiger partial charge in [0.1, 0.15) is 11.5 Å². The largest absolute Gasteiger partial charge is 0.497 e. The van der Waals surface area contributed by atoms with Crippen LogP contribution in [0.2, 0.25) is 0 Å². The van der Waals surface area contributed by atoms with E-state index in [1.54, 1.807) is 30.5 Å². The van der Waals surface area contributed by atoms with Crippen LogP contribution in [0.4, 0.5) is 5.13 Å². The molecule has 0 aliphatic heterocycles. The standard InChI is InChI=1S/C19H15N3O4S3.C10H8BrNO3S2/c1-11(23)21-18-22-15-8-3-12(9-16(15)27-18)17-10-20-19(28-17)29(24,25)14-6-4-13(26-2)5-7-14;1-15-7-2-4-8(5-3-7)17(13,14)10-12-6-9(11)16-10/h3-10H,1-2H3,(H,21,22,23);2-6H,1H3. The number of benzene rings is 3. The SMILES string of the molecule is COc1ccc(S(=O)(=O)c2ncc(-c3ccc4nc(NC(C)=O)sc4c3)s2)cc1.COc1ccc(S(=O)(=O)c2ncc(Br)s2)cc1. The Morgan fingerprint density at radius 3 is 1.80 bits per heavy atom. The molecule has 3 aromatic heterocycles. The van der Waals surface area contributed by atoms with Crippen LogP contribution in [0, 0.1) is 0 Å². The first-order valence-corrected chi connectivity index (χ1v) is 19.2. The second-order valence-corrected chi connectivity index (χ2v) is 17.9. The summed E-state index contributed by atoms with van der Waals surface area (Å²) in [4.78, 5) is 24.7. The Bertz CT molecular complexity index is 2230. The molecule has 0 bridgehead atoms. The van der Waals surface area contributed by atoms with Crippen molar-refractivity contribution in [1.82, 2.24) is 15.0 Å². The van der Waals surface area contributed by atoms with Crippen LogP contribution < -0.4 is 14.8 Å². The highest BCUT2D eigenvalue weighted by molar-refractivity contribution is 9.11. The number of halogens is 1. The van der Waals surface area contributed by atoms with E-state index in [0.29, 0.717) is 20.4 Å². The molecule has 0 atom stereocenters. The fraction of sp³-hybridized carbons (Fsp3) is 0.103. The highest BCUT2D eigenvalue weighted by atomic mass is 79.9. The van der Waals surface area contributed by atoms with Crippen LogP contribution in [-0.4, -0.2) is 51.9 Å². The number of sulfone groups is 2. The van der Waals surface area contributed by atoms with E-state index in [-0.39, 0.29) is 24.4 Å². The summed E-state index contributed by atoms with van der Waals surface area (Å²) < 4.78 is 61.7. The van der Waals surface area contributed by atoms with E-state index >= 15 is 0 Å². The Morgan fingerprint density at radius 2 is 1.30 bits per heavy atom. The molecule has 3 heterocycles. The second kappa shape index (κ2) is 13.9. The third kappa shape index (κ3) is 7.45. The Morgan fingerprint density at radius 1 is 0.761 bits per heavy atom. The lowest BCUT2D eigenvalue weighted by atomic mass is 10.2. The van der Waals surface area contributed by atoms with Crippen LogP contribution in [0.5, 0.6) is 11.5 Å². The van der Waals surface area contributed by atoms with Crippen molar-refractivity contribution in [1.29, 1.82) is 0 Å². The maximum absolute atomic E-state index is 12.9. The van der Waals surface area contributed by atoms with Crippen molar-refractivity contribution in [3.63, 3.8) is 0 Å². The van der Waals surface area contributed by atoms with Crippen LogP contribution >= 0.6 is 49.9 Å². The van der Waals surface area contributed by atoms with Crippen LogP contribution in [-0.2, 0) is 24.5 Å². The second-order valence-electron chi connectivity index (χ2n) is 9.16. The van der Waals surface area contributed by atoms with E-state index in [1.165, 1.54) is 62.9 Å². The molecule has 238 valence electrons. The molecule has 46 heavy (non-hydrogen) atoms. The number of rotatable bonds is 8. The number of nitrogens with one attached hydrogen (secondary N) is 1. The van der Waals surface area contributed by atoms with Gasteiger partial charge in [-0.1, -0.05) is 28.7 Å². The number of amides is 1. The number of hydrogen-bond acceptors (Lipinski definition) is 13. The third-order valence-electron chi connectivity index (χ3n) is 6.10. The van der Waals surface area contributed by atoms with Gasteiger partial charge in [-0.2, -0.15) is 0 Å². The maximum atomic E-state index is 12.9. The average Bonchev–Trinajstić information content (AvgIpc) is 3.81. The Hall–Kier alpha value is -3.74. The molecule has 17 heteroatoms. The minimum Gasteiger partial charge on any atom is -0.497 e. The molecule has 11 nitrogen and oxygen atoms in total. The van der Waals surface area contributed by atoms with Crippen molar-refractivity contribution >= 4 is 90.9 Å². The minimum atomic E-state index is -3.71. The van der Waals surface area contributed by atoms with Gasteiger partial charge < -0.3 is 14.8 Å². The number of methoxy groups -OCH3 is 2. The van der Waals surface area contributed by atoms with Crippen molar-refractivity contribution in [3.8, 4) is 21.9 Å². The summed E-state index contributed by atoms with van der Waals surface area (Å²) in [6.07, 6.45) is 3.03. The number of aromatic nitrogens is 3. The molecule has 3 aromatic carbocycles. The van der Waals surface area contributed by atoms with Gasteiger partial charge in [0, 0.05) is 13.1 Å². The fourth-order valence-electron chi connectivity index (χ4n) is 3.87. The Kier molecular flexibility index (Phi) is 10.2. The first kappa shape index (κ1) is 33.6. The monoisotopic (exact) mass is 778 g/mol. The summed E-state index contributed by atoms with van der Waals surface area (Å²) in [7, 11) is -4.18. The third-order valence-corrected chi connectivity index (χ3v) is 13.9. The summed E-state index contributed by atoms with van der Waals surface area (Å²) in [5, 5.41) is 3.20. The average molecular weight is 780 g/mol. The van der Waals surface area contributed by atoms with Crippen molar-refractivity contribution < 1.29 is 31.1 Å². The molecule has 0 saturated carbocycles. The van der Waals surface area contributed by atoms with E-state index < -0.39 is 19.7 Å². The van der Waals surface area contributed by atoms with Crippen molar-refractivity contribution in [3.05, 3.63) is 82.9 Å². The van der Waals surface area contributed by atoms with E-state index in [4.69, 9.17) is 9.47 Å². The molecule has 0 fully saturated rings. The van der Waals surface area contributed by atoms with Crippen LogP contribution in [0.1, 0.15) is 6.92 Å². The summed E-state index contributed by atoms with van der Waals surface area (Å²) in [5.74, 6) is 1.02. The summed E-state index contributed by atoms with van der Waals surface area (Å²) in [5.41, 5.74) is 1.60. The number of anilines is 1. The summed E-state index contributed by atoms with van der Waals surface area (Å²) >= 11 is 6.74. The molecular formula is C29H23BrN4O7S5. The zero-order valence-electron chi connectivity index (χ0n) is 24.1. The lowest BCUT2D eigenvalue weighted by Crippen LogP contribution is -2.04. The van der Waals surface area contributed by atoms with Crippen LogP contribution in [0.25, 0.3) is 20.7 Å². The number of thiazole rings is 3. The molecule has 0 aliphatic rings. The zero-order valence-corrected chi connectivity index (χ0v) is 29.8. The van der Waals surface area contributed by atoms with Crippen molar-refractivity contribution in [2.24, 2.45) is 0 Å². The quantitative estimate of drug-likeness (QED) is 0.171. The van der Waals surface area contributed by atoms with E-state index in [9.17, 15) is 21.6 Å². The lowest BCUT2D eigenvalue weighted by molar-refractivity contribution is -0.114. The van der Waals surface area contributed by atoms with Gasteiger partial charge in [0.05, 0.1) is 49.1 Å². The number of hydrogen-bond donors (Lipinski definition) is 1. The van der Waals surface area contributed by atoms with Gasteiger partial charge in [0.25, 0.3) is 0 Å². The van der Waals surface area contributed by atoms with E-state index in [0.717, 1.165) is 43.3 Å². The predicted octanol–water partition coefficient (Wildman–Crippen LogP) is 6.97. The Labute approximate surface area is 284 Å². The molecule has 0 saturated heterocycles. The van der Waals surface area contributed by atoms with Gasteiger partial charge in [-0.15, -0.1) is 11.3 Å². The van der Waals surface area contributed by atoms with Crippen molar-refractivity contribution in [2.45, 2.75) is 25.4 Å². The molecule has 6 rings (SSSR count). The maximum Gasteiger partial charge on any atom is 0.233 e. The molecule has 6 aromatic rings.